The average Bonchev–Trinajstić information content (AvgIpc) is 2.42. The topological polar surface area (TPSA) is 34.1 Å². The summed E-state index contributed by atoms with van der Waals surface area (Å²) >= 11 is 0. The molecule has 0 spiro atoms. The van der Waals surface area contributed by atoms with Crippen LogP contribution < -0.4 is 10.1 Å². The summed E-state index contributed by atoms with van der Waals surface area (Å²) in [6.45, 7) is 6.15. The van der Waals surface area contributed by atoms with Crippen LogP contribution >= 0.6 is 0 Å². The van der Waals surface area contributed by atoms with E-state index in [1.165, 1.54) is 0 Å². The van der Waals surface area contributed by atoms with Crippen molar-refractivity contribution in [1.82, 2.24) is 10.3 Å². The smallest absolute Gasteiger partial charge is 0.121 e. The van der Waals surface area contributed by atoms with E-state index >= 15 is 0 Å². The van der Waals surface area contributed by atoms with E-state index in [0.717, 1.165) is 42.6 Å². The number of nitrogens with one attached hydrogen (secondary N) is 1. The third-order valence-corrected chi connectivity index (χ3v) is 2.97. The number of unbranched alkanes of at least 4 members (excludes halogenated alkanes) is 1. The molecular formula is C16H22N2O. The fourth-order valence-corrected chi connectivity index (χ4v) is 1.94. The molecule has 1 N–H and O–H groups in total. The highest BCUT2D eigenvalue weighted by atomic mass is 16.5. The van der Waals surface area contributed by atoms with Crippen LogP contribution in [0.15, 0.2) is 36.5 Å². The Bertz CT molecular complexity index is 511. The molecule has 0 unspecified atom stereocenters. The first-order valence-corrected chi connectivity index (χ1v) is 6.96. The molecule has 1 aromatic carbocycles. The summed E-state index contributed by atoms with van der Waals surface area (Å²) in [6, 6.07) is 10.6. The molecule has 1 aromatic heterocycles. The largest absolute Gasteiger partial charge is 0.494 e. The van der Waals surface area contributed by atoms with Gasteiger partial charge in [0, 0.05) is 23.7 Å². The lowest BCUT2D eigenvalue weighted by atomic mass is 10.2. The number of fused-ring (bicyclic) bond motifs is 1. The fourth-order valence-electron chi connectivity index (χ4n) is 1.94. The Labute approximate surface area is 115 Å². The number of rotatable bonds is 7. The molecule has 102 valence electrons. The Morgan fingerprint density at radius 1 is 1.21 bits per heavy atom. The van der Waals surface area contributed by atoms with Gasteiger partial charge in [0.2, 0.25) is 0 Å². The van der Waals surface area contributed by atoms with Crippen molar-refractivity contribution in [3.63, 3.8) is 0 Å². The van der Waals surface area contributed by atoms with Crippen LogP contribution in [0.25, 0.3) is 10.9 Å². The number of pyridine rings is 1. The molecule has 3 heteroatoms. The van der Waals surface area contributed by atoms with E-state index in [2.05, 4.69) is 36.3 Å². The molecule has 0 aliphatic rings. The third kappa shape index (κ3) is 4.52. The van der Waals surface area contributed by atoms with E-state index in [1.54, 1.807) is 0 Å². The van der Waals surface area contributed by atoms with Gasteiger partial charge in [0.15, 0.2) is 0 Å². The van der Waals surface area contributed by atoms with Crippen LogP contribution in [0, 0.1) is 0 Å². The molecule has 1 heterocycles. The molecule has 3 nitrogen and oxygen atoms in total. The van der Waals surface area contributed by atoms with Crippen molar-refractivity contribution < 1.29 is 4.74 Å². The molecular weight excluding hydrogens is 236 g/mol. The number of hydrogen-bond donors (Lipinski definition) is 1. The zero-order valence-electron chi connectivity index (χ0n) is 11.7. The van der Waals surface area contributed by atoms with Gasteiger partial charge in [-0.3, -0.25) is 4.98 Å². The van der Waals surface area contributed by atoms with Gasteiger partial charge in [-0.15, -0.1) is 0 Å². The molecule has 0 amide bonds. The average molecular weight is 258 g/mol. The second-order valence-corrected chi connectivity index (χ2v) is 5.02. The lowest BCUT2D eigenvalue weighted by Gasteiger charge is -2.09. The van der Waals surface area contributed by atoms with Gasteiger partial charge in [-0.1, -0.05) is 19.9 Å². The Morgan fingerprint density at radius 3 is 2.95 bits per heavy atom. The SMILES string of the molecule is CC(C)NCCCCOc1ccc2cccnc2c1. The normalized spacial score (nSPS) is 11.1. The van der Waals surface area contributed by atoms with Crippen molar-refractivity contribution in [2.24, 2.45) is 0 Å². The highest BCUT2D eigenvalue weighted by Crippen LogP contribution is 2.18. The van der Waals surface area contributed by atoms with Crippen LogP contribution in [0.4, 0.5) is 0 Å². The summed E-state index contributed by atoms with van der Waals surface area (Å²) in [5, 5.41) is 4.55. The first kappa shape index (κ1) is 13.8. The molecule has 0 atom stereocenters. The first-order chi connectivity index (χ1) is 9.25. The molecule has 0 saturated carbocycles. The van der Waals surface area contributed by atoms with Gasteiger partial charge in [-0.2, -0.15) is 0 Å². The number of nitrogens with zero attached hydrogens (tertiary/aromatic N) is 1. The summed E-state index contributed by atoms with van der Waals surface area (Å²) in [6.07, 6.45) is 4.02. The second kappa shape index (κ2) is 7.10. The Balaban J connectivity index is 1.75. The standard InChI is InChI=1S/C16H22N2O/c1-13(2)17-9-3-4-11-19-15-8-7-14-6-5-10-18-16(14)12-15/h5-8,10,12-13,17H,3-4,9,11H2,1-2H3. The van der Waals surface area contributed by atoms with Crippen LogP contribution in [0.2, 0.25) is 0 Å². The zero-order valence-corrected chi connectivity index (χ0v) is 11.7. The van der Waals surface area contributed by atoms with Gasteiger partial charge < -0.3 is 10.1 Å². The van der Waals surface area contributed by atoms with Crippen molar-refractivity contribution in [1.29, 1.82) is 0 Å². The third-order valence-electron chi connectivity index (χ3n) is 2.97. The van der Waals surface area contributed by atoms with Crippen LogP contribution in [0.1, 0.15) is 26.7 Å². The predicted molar refractivity (Wildman–Crippen MR) is 79.6 cm³/mol. The second-order valence-electron chi connectivity index (χ2n) is 5.02. The van der Waals surface area contributed by atoms with Crippen molar-refractivity contribution in [2.45, 2.75) is 32.7 Å². The van der Waals surface area contributed by atoms with Crippen molar-refractivity contribution >= 4 is 10.9 Å². The Morgan fingerprint density at radius 2 is 2.11 bits per heavy atom. The summed E-state index contributed by atoms with van der Waals surface area (Å²) in [5.74, 6) is 0.906. The van der Waals surface area contributed by atoms with Gasteiger partial charge in [-0.05, 0) is 37.6 Å². The Kier molecular flexibility index (Phi) is 5.16. The maximum Gasteiger partial charge on any atom is 0.121 e. The maximum absolute atomic E-state index is 5.75. The minimum atomic E-state index is 0.562. The fraction of sp³-hybridized carbons (Fsp3) is 0.438. The van der Waals surface area contributed by atoms with Crippen LogP contribution in [0.3, 0.4) is 0 Å². The molecule has 19 heavy (non-hydrogen) atoms. The zero-order chi connectivity index (χ0) is 13.5. The van der Waals surface area contributed by atoms with Gasteiger partial charge in [0.1, 0.15) is 5.75 Å². The van der Waals surface area contributed by atoms with E-state index in [1.807, 2.05) is 24.4 Å². The van der Waals surface area contributed by atoms with E-state index in [4.69, 9.17) is 4.74 Å². The molecule has 0 saturated heterocycles. The van der Waals surface area contributed by atoms with Crippen LogP contribution in [0.5, 0.6) is 5.75 Å². The molecule has 0 aliphatic heterocycles. The minimum Gasteiger partial charge on any atom is -0.494 e. The molecule has 2 rings (SSSR count). The summed E-state index contributed by atoms with van der Waals surface area (Å²) in [4.78, 5) is 4.33. The number of aromatic nitrogens is 1. The van der Waals surface area contributed by atoms with Crippen molar-refractivity contribution in [2.75, 3.05) is 13.2 Å². The van der Waals surface area contributed by atoms with Crippen LogP contribution in [-0.4, -0.2) is 24.2 Å². The molecule has 0 fully saturated rings. The lowest BCUT2D eigenvalue weighted by molar-refractivity contribution is 0.305. The molecule has 0 radical (unpaired) electrons. The van der Waals surface area contributed by atoms with E-state index in [0.29, 0.717) is 6.04 Å². The Hall–Kier alpha value is -1.61. The highest BCUT2D eigenvalue weighted by Gasteiger charge is 1.98. The summed E-state index contributed by atoms with van der Waals surface area (Å²) < 4.78 is 5.75. The highest BCUT2D eigenvalue weighted by molar-refractivity contribution is 5.79. The van der Waals surface area contributed by atoms with Crippen LogP contribution in [-0.2, 0) is 0 Å². The summed E-state index contributed by atoms with van der Waals surface area (Å²) in [7, 11) is 0. The van der Waals surface area contributed by atoms with Gasteiger partial charge in [0.25, 0.3) is 0 Å². The monoisotopic (exact) mass is 258 g/mol. The van der Waals surface area contributed by atoms with Crippen molar-refractivity contribution in [3.05, 3.63) is 36.5 Å². The van der Waals surface area contributed by atoms with Gasteiger partial charge in [-0.25, -0.2) is 0 Å². The quantitative estimate of drug-likeness (QED) is 0.773. The van der Waals surface area contributed by atoms with E-state index in [-0.39, 0.29) is 0 Å². The predicted octanol–water partition coefficient (Wildman–Crippen LogP) is 3.39. The molecule has 0 aliphatic carbocycles. The first-order valence-electron chi connectivity index (χ1n) is 6.96. The van der Waals surface area contributed by atoms with Crippen molar-refractivity contribution in [3.8, 4) is 5.75 Å². The van der Waals surface area contributed by atoms with E-state index in [9.17, 15) is 0 Å². The molecule has 2 aromatic rings. The van der Waals surface area contributed by atoms with E-state index < -0.39 is 0 Å². The minimum absolute atomic E-state index is 0.562. The van der Waals surface area contributed by atoms with Gasteiger partial charge >= 0.3 is 0 Å². The number of benzene rings is 1. The molecule has 0 bridgehead atoms. The van der Waals surface area contributed by atoms with Gasteiger partial charge in [0.05, 0.1) is 12.1 Å². The number of hydrogen-bond acceptors (Lipinski definition) is 3. The number of ether oxygens (including phenoxy) is 1. The maximum atomic E-state index is 5.75. The summed E-state index contributed by atoms with van der Waals surface area (Å²) in [5.41, 5.74) is 0.987. The lowest BCUT2D eigenvalue weighted by Crippen LogP contribution is -2.23.